The number of alkyl halides is 1. The lowest BCUT2D eigenvalue weighted by atomic mass is 10.0. The predicted octanol–water partition coefficient (Wildman–Crippen LogP) is 6.38. The second-order valence-corrected chi connectivity index (χ2v) is 6.28. The number of hydrogen-bond acceptors (Lipinski definition) is 0. The zero-order valence-corrected chi connectivity index (χ0v) is 13.8. The Labute approximate surface area is 132 Å². The minimum Gasteiger partial charge on any atom is -0.113 e. The summed E-state index contributed by atoms with van der Waals surface area (Å²) in [5.74, 6) is 0. The van der Waals surface area contributed by atoms with Crippen LogP contribution in [-0.2, 0) is 6.42 Å². The van der Waals surface area contributed by atoms with Crippen molar-refractivity contribution in [1.29, 1.82) is 0 Å². The van der Waals surface area contributed by atoms with Crippen molar-refractivity contribution in [2.45, 2.75) is 25.1 Å². The SMILES string of the molecule is CCCc1ccc(C(Cl)c2cc(Br)ccc2Cl)cc1. The standard InChI is InChI=1S/C16H15BrCl2/c1-2-3-11-4-6-12(7-5-11)16(19)14-10-13(17)8-9-15(14)18/h4-10,16H,2-3H2,1H3. The molecule has 0 saturated carbocycles. The van der Waals surface area contributed by atoms with E-state index in [1.54, 1.807) is 0 Å². The summed E-state index contributed by atoms with van der Waals surface area (Å²) in [5, 5.41) is 0.474. The molecule has 0 aliphatic heterocycles. The Morgan fingerprint density at radius 1 is 1.11 bits per heavy atom. The van der Waals surface area contributed by atoms with E-state index in [9.17, 15) is 0 Å². The number of aryl methyl sites for hydroxylation is 1. The quantitative estimate of drug-likeness (QED) is 0.556. The predicted molar refractivity (Wildman–Crippen MR) is 87.3 cm³/mol. The molecule has 1 atom stereocenters. The van der Waals surface area contributed by atoms with E-state index < -0.39 is 0 Å². The molecule has 3 heteroatoms. The van der Waals surface area contributed by atoms with Gasteiger partial charge in [0, 0.05) is 9.50 Å². The first-order valence-corrected chi connectivity index (χ1v) is 7.90. The first kappa shape index (κ1) is 14.9. The van der Waals surface area contributed by atoms with Crippen molar-refractivity contribution in [3.63, 3.8) is 0 Å². The van der Waals surface area contributed by atoms with Crippen molar-refractivity contribution in [3.05, 3.63) is 68.7 Å². The van der Waals surface area contributed by atoms with Gasteiger partial charge in [-0.2, -0.15) is 0 Å². The lowest BCUT2D eigenvalue weighted by Gasteiger charge is -2.13. The maximum atomic E-state index is 6.53. The molecule has 0 heterocycles. The van der Waals surface area contributed by atoms with Gasteiger partial charge in [0.1, 0.15) is 0 Å². The highest BCUT2D eigenvalue weighted by Gasteiger charge is 2.14. The van der Waals surface area contributed by atoms with E-state index in [4.69, 9.17) is 23.2 Å². The van der Waals surface area contributed by atoms with E-state index in [-0.39, 0.29) is 5.38 Å². The molecular formula is C16H15BrCl2. The Balaban J connectivity index is 2.27. The number of hydrogen-bond donors (Lipinski definition) is 0. The molecule has 2 rings (SSSR count). The third kappa shape index (κ3) is 3.75. The Morgan fingerprint density at radius 2 is 1.79 bits per heavy atom. The molecule has 0 nitrogen and oxygen atoms in total. The van der Waals surface area contributed by atoms with Gasteiger partial charge >= 0.3 is 0 Å². The van der Waals surface area contributed by atoms with Crippen LogP contribution in [-0.4, -0.2) is 0 Å². The molecule has 1 unspecified atom stereocenters. The fourth-order valence-electron chi connectivity index (χ4n) is 2.03. The molecule has 0 aromatic heterocycles. The van der Waals surface area contributed by atoms with Crippen molar-refractivity contribution in [3.8, 4) is 0 Å². The van der Waals surface area contributed by atoms with E-state index in [0.29, 0.717) is 5.02 Å². The van der Waals surface area contributed by atoms with E-state index in [1.165, 1.54) is 5.56 Å². The monoisotopic (exact) mass is 356 g/mol. The van der Waals surface area contributed by atoms with Crippen molar-refractivity contribution >= 4 is 39.1 Å². The lowest BCUT2D eigenvalue weighted by Crippen LogP contribution is -1.95. The first-order chi connectivity index (χ1) is 9.11. The fourth-order valence-corrected chi connectivity index (χ4v) is 3.02. The fraction of sp³-hybridized carbons (Fsp3) is 0.250. The van der Waals surface area contributed by atoms with Gasteiger partial charge in [0.15, 0.2) is 0 Å². The van der Waals surface area contributed by atoms with Crippen LogP contribution in [0.5, 0.6) is 0 Å². The summed E-state index contributed by atoms with van der Waals surface area (Å²) >= 11 is 16.2. The number of halogens is 3. The molecule has 2 aromatic rings. The molecule has 0 aliphatic rings. The lowest BCUT2D eigenvalue weighted by molar-refractivity contribution is 0.920. The number of rotatable bonds is 4. The normalized spacial score (nSPS) is 12.4. The topological polar surface area (TPSA) is 0 Å². The Morgan fingerprint density at radius 3 is 2.42 bits per heavy atom. The van der Waals surface area contributed by atoms with Crippen LogP contribution in [0, 0.1) is 0 Å². The van der Waals surface area contributed by atoms with Crippen molar-refractivity contribution in [1.82, 2.24) is 0 Å². The van der Waals surface area contributed by atoms with Gasteiger partial charge < -0.3 is 0 Å². The van der Waals surface area contributed by atoms with Crippen LogP contribution in [0.1, 0.15) is 35.4 Å². The average molecular weight is 358 g/mol. The molecule has 0 fully saturated rings. The zero-order valence-electron chi connectivity index (χ0n) is 10.7. The first-order valence-electron chi connectivity index (χ1n) is 6.29. The van der Waals surface area contributed by atoms with Crippen LogP contribution in [0.4, 0.5) is 0 Å². The summed E-state index contributed by atoms with van der Waals surface area (Å²) < 4.78 is 0.986. The van der Waals surface area contributed by atoms with Gasteiger partial charge in [-0.1, -0.05) is 65.1 Å². The minimum atomic E-state index is -0.222. The Hall–Kier alpha value is -0.500. The summed E-state index contributed by atoms with van der Waals surface area (Å²) in [6.45, 7) is 2.18. The highest BCUT2D eigenvalue weighted by Crippen LogP contribution is 2.35. The minimum absolute atomic E-state index is 0.222. The van der Waals surface area contributed by atoms with Crippen LogP contribution in [0.25, 0.3) is 0 Å². The summed E-state index contributed by atoms with van der Waals surface area (Å²) in [7, 11) is 0. The van der Waals surface area contributed by atoms with Gasteiger partial charge in [-0.05, 0) is 41.3 Å². The smallest absolute Gasteiger partial charge is 0.0850 e. The molecule has 19 heavy (non-hydrogen) atoms. The highest BCUT2D eigenvalue weighted by atomic mass is 79.9. The van der Waals surface area contributed by atoms with Gasteiger partial charge in [0.05, 0.1) is 5.38 Å². The Bertz CT molecular complexity index is 549. The third-order valence-electron chi connectivity index (χ3n) is 3.04. The summed E-state index contributed by atoms with van der Waals surface area (Å²) in [6.07, 6.45) is 2.26. The van der Waals surface area contributed by atoms with Gasteiger partial charge in [0.25, 0.3) is 0 Å². The summed E-state index contributed by atoms with van der Waals surface area (Å²) in [5.41, 5.74) is 3.35. The summed E-state index contributed by atoms with van der Waals surface area (Å²) in [6, 6.07) is 14.2. The van der Waals surface area contributed by atoms with Crippen LogP contribution >= 0.6 is 39.1 Å². The second-order valence-electron chi connectivity index (χ2n) is 4.52. The molecule has 0 radical (unpaired) electrons. The molecule has 0 N–H and O–H groups in total. The molecular weight excluding hydrogens is 343 g/mol. The van der Waals surface area contributed by atoms with Gasteiger partial charge in [0.2, 0.25) is 0 Å². The molecule has 0 amide bonds. The molecule has 0 saturated heterocycles. The van der Waals surface area contributed by atoms with Gasteiger partial charge in [-0.25, -0.2) is 0 Å². The van der Waals surface area contributed by atoms with Crippen LogP contribution in [0.2, 0.25) is 5.02 Å². The highest BCUT2D eigenvalue weighted by molar-refractivity contribution is 9.10. The zero-order chi connectivity index (χ0) is 13.8. The largest absolute Gasteiger partial charge is 0.113 e. The maximum Gasteiger partial charge on any atom is 0.0850 e. The van der Waals surface area contributed by atoms with Crippen molar-refractivity contribution in [2.24, 2.45) is 0 Å². The van der Waals surface area contributed by atoms with Crippen LogP contribution in [0.3, 0.4) is 0 Å². The van der Waals surface area contributed by atoms with E-state index in [1.807, 2.05) is 18.2 Å². The molecule has 0 bridgehead atoms. The van der Waals surface area contributed by atoms with Gasteiger partial charge in [-0.3, -0.25) is 0 Å². The molecule has 0 spiro atoms. The van der Waals surface area contributed by atoms with Gasteiger partial charge in [-0.15, -0.1) is 11.6 Å². The average Bonchev–Trinajstić information content (AvgIpc) is 2.42. The number of benzene rings is 2. The summed E-state index contributed by atoms with van der Waals surface area (Å²) in [4.78, 5) is 0. The van der Waals surface area contributed by atoms with E-state index in [0.717, 1.165) is 28.4 Å². The molecule has 0 aliphatic carbocycles. The van der Waals surface area contributed by atoms with Crippen molar-refractivity contribution < 1.29 is 0 Å². The third-order valence-corrected chi connectivity index (χ3v) is 4.37. The van der Waals surface area contributed by atoms with Crippen LogP contribution < -0.4 is 0 Å². The molecule has 100 valence electrons. The maximum absolute atomic E-state index is 6.53. The van der Waals surface area contributed by atoms with E-state index in [2.05, 4.69) is 47.1 Å². The van der Waals surface area contributed by atoms with E-state index >= 15 is 0 Å². The van der Waals surface area contributed by atoms with Crippen LogP contribution in [0.15, 0.2) is 46.9 Å². The Kier molecular flexibility index (Phi) is 5.32. The molecule has 2 aromatic carbocycles. The van der Waals surface area contributed by atoms with Crippen molar-refractivity contribution in [2.75, 3.05) is 0 Å². The second kappa shape index (κ2) is 6.78.